The Morgan fingerprint density at radius 1 is 1.15 bits per heavy atom. The van der Waals surface area contributed by atoms with Crippen LogP contribution in [0.5, 0.6) is 0 Å². The molecule has 0 aliphatic carbocycles. The van der Waals surface area contributed by atoms with Gasteiger partial charge in [0, 0.05) is 39.0 Å². The molecule has 1 aromatic carbocycles. The number of hydrogen-bond acceptors (Lipinski definition) is 4. The van der Waals surface area contributed by atoms with E-state index in [4.69, 9.17) is 0 Å². The van der Waals surface area contributed by atoms with Gasteiger partial charge in [0.1, 0.15) is 5.82 Å². The van der Waals surface area contributed by atoms with E-state index in [1.54, 1.807) is 0 Å². The predicted octanol–water partition coefficient (Wildman–Crippen LogP) is 2.87. The summed E-state index contributed by atoms with van der Waals surface area (Å²) in [5.74, 6) is 2.23. The number of hydrogen-bond donors (Lipinski definition) is 1. The molecule has 2 aromatic rings. The predicted molar refractivity (Wildman–Crippen MR) is 106 cm³/mol. The van der Waals surface area contributed by atoms with Crippen LogP contribution in [0.3, 0.4) is 0 Å². The largest absolute Gasteiger partial charge is 0.346 e. The molecule has 0 radical (unpaired) electrons. The summed E-state index contributed by atoms with van der Waals surface area (Å²) in [6.45, 7) is 12.0. The fourth-order valence-electron chi connectivity index (χ4n) is 3.53. The summed E-state index contributed by atoms with van der Waals surface area (Å²) in [6.07, 6.45) is 1.36. The second kappa shape index (κ2) is 8.65. The molecule has 27 heavy (non-hydrogen) atoms. The molecule has 1 amide bonds. The third-order valence-electron chi connectivity index (χ3n) is 5.26. The van der Waals surface area contributed by atoms with Crippen LogP contribution in [0.1, 0.15) is 56.0 Å². The van der Waals surface area contributed by atoms with Crippen molar-refractivity contribution in [3.05, 3.63) is 47.0 Å². The first kappa shape index (κ1) is 19.5. The third-order valence-corrected chi connectivity index (χ3v) is 5.26. The molecule has 1 aromatic heterocycles. The lowest BCUT2D eigenvalue weighted by atomic mass is 10.0. The Kier molecular flexibility index (Phi) is 6.26. The monoisotopic (exact) mass is 369 g/mol. The maximum Gasteiger partial charge on any atom is 0.220 e. The summed E-state index contributed by atoms with van der Waals surface area (Å²) in [4.78, 5) is 14.4. The molecule has 2 heterocycles. The summed E-state index contributed by atoms with van der Waals surface area (Å²) in [5.41, 5.74) is 2.63. The van der Waals surface area contributed by atoms with E-state index in [9.17, 15) is 4.79 Å². The molecule has 6 heteroatoms. The summed E-state index contributed by atoms with van der Waals surface area (Å²) < 4.78 is 2.22. The van der Waals surface area contributed by atoms with Gasteiger partial charge in [-0.1, -0.05) is 50.6 Å². The Bertz CT molecular complexity index is 765. The van der Waals surface area contributed by atoms with E-state index in [1.165, 1.54) is 11.1 Å². The standard InChI is InChI=1S/C21H31N5O/c1-5-19(27)22-20(15(2)3)21-24-23-18-10-11-25(12-13-26(18)21)14-17-8-6-16(4)7-9-17/h6-9,15,20H,5,10-14H2,1-4H3,(H,22,27). The number of carbonyl (C=O) groups is 1. The van der Waals surface area contributed by atoms with Gasteiger partial charge in [0.15, 0.2) is 5.82 Å². The van der Waals surface area contributed by atoms with Crippen molar-refractivity contribution in [3.8, 4) is 0 Å². The Morgan fingerprint density at radius 2 is 1.89 bits per heavy atom. The van der Waals surface area contributed by atoms with E-state index in [0.29, 0.717) is 6.42 Å². The molecule has 0 fully saturated rings. The Hall–Kier alpha value is -2.21. The first-order chi connectivity index (χ1) is 13.0. The number of nitrogens with zero attached hydrogens (tertiary/aromatic N) is 4. The van der Waals surface area contributed by atoms with Gasteiger partial charge in [-0.15, -0.1) is 10.2 Å². The molecule has 1 aliphatic rings. The zero-order valence-corrected chi connectivity index (χ0v) is 16.9. The van der Waals surface area contributed by atoms with Crippen LogP contribution >= 0.6 is 0 Å². The molecule has 1 atom stereocenters. The molecular weight excluding hydrogens is 338 g/mol. The molecule has 3 rings (SSSR count). The van der Waals surface area contributed by atoms with Gasteiger partial charge in [-0.2, -0.15) is 0 Å². The molecule has 1 N–H and O–H groups in total. The second-order valence-electron chi connectivity index (χ2n) is 7.78. The lowest BCUT2D eigenvalue weighted by Gasteiger charge is -2.23. The highest BCUT2D eigenvalue weighted by atomic mass is 16.1. The highest BCUT2D eigenvalue weighted by Gasteiger charge is 2.27. The Labute approximate surface area is 162 Å². The quantitative estimate of drug-likeness (QED) is 0.850. The van der Waals surface area contributed by atoms with Crippen molar-refractivity contribution in [3.63, 3.8) is 0 Å². The molecule has 1 aliphatic heterocycles. The highest BCUT2D eigenvalue weighted by molar-refractivity contribution is 5.75. The van der Waals surface area contributed by atoms with Gasteiger partial charge in [-0.25, -0.2) is 0 Å². The van der Waals surface area contributed by atoms with Crippen molar-refractivity contribution < 1.29 is 4.79 Å². The van der Waals surface area contributed by atoms with Crippen molar-refractivity contribution in [2.45, 2.75) is 59.7 Å². The van der Waals surface area contributed by atoms with Gasteiger partial charge in [0.25, 0.3) is 0 Å². The van der Waals surface area contributed by atoms with E-state index in [0.717, 1.165) is 44.2 Å². The van der Waals surface area contributed by atoms with E-state index in [2.05, 4.69) is 70.0 Å². The molecule has 1 unspecified atom stereocenters. The first-order valence-electron chi connectivity index (χ1n) is 9.97. The van der Waals surface area contributed by atoms with Crippen LogP contribution in [-0.4, -0.2) is 38.7 Å². The molecule has 6 nitrogen and oxygen atoms in total. The first-order valence-corrected chi connectivity index (χ1v) is 9.97. The molecule has 0 saturated heterocycles. The van der Waals surface area contributed by atoms with Gasteiger partial charge in [0.2, 0.25) is 5.91 Å². The fraction of sp³-hybridized carbons (Fsp3) is 0.571. The van der Waals surface area contributed by atoms with Crippen LogP contribution < -0.4 is 5.32 Å². The van der Waals surface area contributed by atoms with Crippen LogP contribution in [0.2, 0.25) is 0 Å². The maximum atomic E-state index is 12.0. The number of carbonyl (C=O) groups excluding carboxylic acids is 1. The number of aromatic nitrogens is 3. The minimum absolute atomic E-state index is 0.0562. The summed E-state index contributed by atoms with van der Waals surface area (Å²) in [5, 5.41) is 12.0. The van der Waals surface area contributed by atoms with Crippen molar-refractivity contribution >= 4 is 5.91 Å². The van der Waals surface area contributed by atoms with Crippen LogP contribution in [0.25, 0.3) is 0 Å². The summed E-state index contributed by atoms with van der Waals surface area (Å²) in [6, 6.07) is 8.66. The molecule has 0 spiro atoms. The highest BCUT2D eigenvalue weighted by Crippen LogP contribution is 2.23. The zero-order valence-electron chi connectivity index (χ0n) is 16.9. The van der Waals surface area contributed by atoms with Crippen molar-refractivity contribution in [1.29, 1.82) is 0 Å². The van der Waals surface area contributed by atoms with Crippen molar-refractivity contribution in [2.24, 2.45) is 5.92 Å². The Morgan fingerprint density at radius 3 is 2.56 bits per heavy atom. The molecular formula is C21H31N5O. The number of nitrogens with one attached hydrogen (secondary N) is 1. The minimum atomic E-state index is -0.0950. The van der Waals surface area contributed by atoms with Crippen molar-refractivity contribution in [2.75, 3.05) is 13.1 Å². The smallest absolute Gasteiger partial charge is 0.220 e. The SMILES string of the molecule is CCC(=O)NC(c1nnc2n1CCN(Cc1ccc(C)cc1)CC2)C(C)C. The molecule has 0 saturated carbocycles. The van der Waals surface area contributed by atoms with Crippen LogP contribution in [0.15, 0.2) is 24.3 Å². The van der Waals surface area contributed by atoms with E-state index >= 15 is 0 Å². The second-order valence-corrected chi connectivity index (χ2v) is 7.78. The van der Waals surface area contributed by atoms with Crippen LogP contribution in [-0.2, 0) is 24.3 Å². The lowest BCUT2D eigenvalue weighted by molar-refractivity contribution is -0.121. The van der Waals surface area contributed by atoms with Gasteiger partial charge in [-0.05, 0) is 18.4 Å². The Balaban J connectivity index is 1.72. The van der Waals surface area contributed by atoms with Crippen molar-refractivity contribution in [1.82, 2.24) is 25.0 Å². The number of amides is 1. The normalized spacial score (nSPS) is 16.0. The van der Waals surface area contributed by atoms with Gasteiger partial charge >= 0.3 is 0 Å². The van der Waals surface area contributed by atoms with E-state index < -0.39 is 0 Å². The molecule has 146 valence electrons. The molecule has 0 bridgehead atoms. The van der Waals surface area contributed by atoms with Gasteiger partial charge in [0.05, 0.1) is 6.04 Å². The van der Waals surface area contributed by atoms with E-state index in [1.807, 2.05) is 6.92 Å². The van der Waals surface area contributed by atoms with E-state index in [-0.39, 0.29) is 17.9 Å². The summed E-state index contributed by atoms with van der Waals surface area (Å²) in [7, 11) is 0. The summed E-state index contributed by atoms with van der Waals surface area (Å²) >= 11 is 0. The topological polar surface area (TPSA) is 63.1 Å². The van der Waals surface area contributed by atoms with Crippen LogP contribution in [0, 0.1) is 12.8 Å². The fourth-order valence-corrected chi connectivity index (χ4v) is 3.53. The zero-order chi connectivity index (χ0) is 19.4. The van der Waals surface area contributed by atoms with Gasteiger partial charge < -0.3 is 9.88 Å². The average molecular weight is 370 g/mol. The number of rotatable bonds is 6. The number of aryl methyl sites for hydroxylation is 1. The number of fused-ring (bicyclic) bond motifs is 1. The van der Waals surface area contributed by atoms with Crippen LogP contribution in [0.4, 0.5) is 0 Å². The maximum absolute atomic E-state index is 12.0. The lowest BCUT2D eigenvalue weighted by Crippen LogP contribution is -2.34. The average Bonchev–Trinajstić information content (AvgIpc) is 2.95. The minimum Gasteiger partial charge on any atom is -0.346 e. The third kappa shape index (κ3) is 4.75. The number of benzene rings is 1. The van der Waals surface area contributed by atoms with Gasteiger partial charge in [-0.3, -0.25) is 9.69 Å².